The van der Waals surface area contributed by atoms with Gasteiger partial charge in [0.25, 0.3) is 0 Å². The van der Waals surface area contributed by atoms with Gasteiger partial charge >= 0.3 is 11.9 Å². The SMILES string of the molecule is CCOC(=O)[C@@H]1C[C@@]12CC(=O)O2. The van der Waals surface area contributed by atoms with E-state index in [-0.39, 0.29) is 17.9 Å². The van der Waals surface area contributed by atoms with Crippen molar-refractivity contribution in [3.8, 4) is 0 Å². The molecule has 1 spiro atoms. The van der Waals surface area contributed by atoms with Crippen molar-refractivity contribution in [1.82, 2.24) is 0 Å². The Kier molecular flexibility index (Phi) is 1.40. The summed E-state index contributed by atoms with van der Waals surface area (Å²) < 4.78 is 9.68. The average Bonchev–Trinajstić information content (AvgIpc) is 2.63. The molecule has 2 fully saturated rings. The van der Waals surface area contributed by atoms with Crippen molar-refractivity contribution < 1.29 is 19.1 Å². The highest BCUT2D eigenvalue weighted by molar-refractivity contribution is 5.86. The van der Waals surface area contributed by atoms with Gasteiger partial charge in [0, 0.05) is 6.42 Å². The maximum absolute atomic E-state index is 11.1. The van der Waals surface area contributed by atoms with Gasteiger partial charge in [-0.05, 0) is 6.92 Å². The van der Waals surface area contributed by atoms with E-state index < -0.39 is 5.60 Å². The zero-order valence-electron chi connectivity index (χ0n) is 6.83. The lowest BCUT2D eigenvalue weighted by molar-refractivity contribution is -0.178. The number of carbonyl (C=O) groups is 2. The molecule has 1 saturated carbocycles. The lowest BCUT2D eigenvalue weighted by atomic mass is 10.1. The highest BCUT2D eigenvalue weighted by atomic mass is 16.6. The van der Waals surface area contributed by atoms with Crippen LogP contribution in [-0.2, 0) is 19.1 Å². The highest BCUT2D eigenvalue weighted by Crippen LogP contribution is 2.55. The Balaban J connectivity index is 1.87. The summed E-state index contributed by atoms with van der Waals surface area (Å²) in [6, 6.07) is 0. The third-order valence-electron chi connectivity index (χ3n) is 2.36. The van der Waals surface area contributed by atoms with E-state index in [2.05, 4.69) is 0 Å². The zero-order chi connectivity index (χ0) is 8.77. The normalized spacial score (nSPS) is 37.1. The molecule has 0 aromatic rings. The fourth-order valence-electron chi connectivity index (χ4n) is 1.60. The number of carbonyl (C=O) groups excluding carboxylic acids is 2. The molecule has 12 heavy (non-hydrogen) atoms. The van der Waals surface area contributed by atoms with Crippen molar-refractivity contribution in [3.05, 3.63) is 0 Å². The van der Waals surface area contributed by atoms with Gasteiger partial charge in [-0.1, -0.05) is 0 Å². The summed E-state index contributed by atoms with van der Waals surface area (Å²) in [5, 5.41) is 0. The lowest BCUT2D eigenvalue weighted by Gasteiger charge is -2.26. The molecular weight excluding hydrogens is 160 g/mol. The largest absolute Gasteiger partial charge is 0.466 e. The summed E-state index contributed by atoms with van der Waals surface area (Å²) in [4.78, 5) is 21.6. The summed E-state index contributed by atoms with van der Waals surface area (Å²) in [6.07, 6.45) is 1.04. The molecular formula is C8H10O4. The van der Waals surface area contributed by atoms with Crippen LogP contribution in [0.3, 0.4) is 0 Å². The molecule has 66 valence electrons. The number of esters is 2. The molecule has 0 unspecified atom stereocenters. The van der Waals surface area contributed by atoms with Crippen LogP contribution in [0.25, 0.3) is 0 Å². The predicted molar refractivity (Wildman–Crippen MR) is 38.2 cm³/mol. The van der Waals surface area contributed by atoms with Gasteiger partial charge in [0.1, 0.15) is 11.5 Å². The van der Waals surface area contributed by atoms with Crippen LogP contribution in [0.5, 0.6) is 0 Å². The Morgan fingerprint density at radius 2 is 2.50 bits per heavy atom. The molecule has 1 heterocycles. The number of rotatable bonds is 2. The molecule has 1 saturated heterocycles. The standard InChI is InChI=1S/C8H10O4/c1-2-11-7(10)5-3-8(5)4-6(9)12-8/h5H,2-4H2,1H3/t5-,8+/m0/s1. The maximum atomic E-state index is 11.1. The summed E-state index contributed by atoms with van der Waals surface area (Å²) in [5.41, 5.74) is -0.441. The summed E-state index contributed by atoms with van der Waals surface area (Å²) in [6.45, 7) is 2.15. The minimum absolute atomic E-state index is 0.185. The van der Waals surface area contributed by atoms with Gasteiger partial charge < -0.3 is 9.47 Å². The quantitative estimate of drug-likeness (QED) is 0.557. The van der Waals surface area contributed by atoms with E-state index in [1.807, 2.05) is 0 Å². The Morgan fingerprint density at radius 3 is 3.00 bits per heavy atom. The molecule has 4 nitrogen and oxygen atoms in total. The van der Waals surface area contributed by atoms with Gasteiger partial charge in [0.15, 0.2) is 0 Å². The van der Waals surface area contributed by atoms with Crippen LogP contribution in [0.15, 0.2) is 0 Å². The van der Waals surface area contributed by atoms with Crippen LogP contribution < -0.4 is 0 Å². The van der Waals surface area contributed by atoms with Crippen LogP contribution in [0.4, 0.5) is 0 Å². The molecule has 1 aliphatic heterocycles. The van der Waals surface area contributed by atoms with Crippen molar-refractivity contribution in [3.63, 3.8) is 0 Å². The van der Waals surface area contributed by atoms with E-state index in [9.17, 15) is 9.59 Å². The van der Waals surface area contributed by atoms with Crippen molar-refractivity contribution in [2.75, 3.05) is 6.61 Å². The second kappa shape index (κ2) is 2.21. The molecule has 2 atom stereocenters. The van der Waals surface area contributed by atoms with Gasteiger partial charge in [0.2, 0.25) is 0 Å². The smallest absolute Gasteiger partial charge is 0.313 e. The molecule has 2 aliphatic rings. The monoisotopic (exact) mass is 170 g/mol. The zero-order valence-corrected chi connectivity index (χ0v) is 6.83. The molecule has 0 aromatic carbocycles. The van der Waals surface area contributed by atoms with Gasteiger partial charge in [-0.3, -0.25) is 9.59 Å². The van der Waals surface area contributed by atoms with E-state index in [0.717, 1.165) is 0 Å². The molecule has 4 heteroatoms. The Hall–Kier alpha value is -1.06. The highest BCUT2D eigenvalue weighted by Gasteiger charge is 2.69. The lowest BCUT2D eigenvalue weighted by Crippen LogP contribution is -2.38. The predicted octanol–water partition coefficient (Wildman–Crippen LogP) is 0.255. The van der Waals surface area contributed by atoms with E-state index in [1.54, 1.807) is 6.92 Å². The van der Waals surface area contributed by atoms with E-state index >= 15 is 0 Å². The van der Waals surface area contributed by atoms with Crippen LogP contribution in [-0.4, -0.2) is 24.1 Å². The van der Waals surface area contributed by atoms with Crippen LogP contribution in [0.2, 0.25) is 0 Å². The third-order valence-corrected chi connectivity index (χ3v) is 2.36. The molecule has 1 aliphatic carbocycles. The van der Waals surface area contributed by atoms with Crippen LogP contribution in [0.1, 0.15) is 19.8 Å². The molecule has 2 rings (SSSR count). The van der Waals surface area contributed by atoms with Gasteiger partial charge in [-0.25, -0.2) is 0 Å². The second-order valence-corrected chi connectivity index (χ2v) is 3.22. The van der Waals surface area contributed by atoms with Gasteiger partial charge in [0.05, 0.1) is 13.0 Å². The fraction of sp³-hybridized carbons (Fsp3) is 0.750. The van der Waals surface area contributed by atoms with Gasteiger partial charge in [-0.2, -0.15) is 0 Å². The molecule has 0 aromatic heterocycles. The van der Waals surface area contributed by atoms with Gasteiger partial charge in [-0.15, -0.1) is 0 Å². The Morgan fingerprint density at radius 1 is 1.83 bits per heavy atom. The summed E-state index contributed by atoms with van der Waals surface area (Å²) >= 11 is 0. The molecule has 0 bridgehead atoms. The van der Waals surface area contributed by atoms with E-state index in [0.29, 0.717) is 19.4 Å². The number of ether oxygens (including phenoxy) is 2. The van der Waals surface area contributed by atoms with E-state index in [1.165, 1.54) is 0 Å². The second-order valence-electron chi connectivity index (χ2n) is 3.22. The Bertz CT molecular complexity index is 237. The van der Waals surface area contributed by atoms with E-state index in [4.69, 9.17) is 9.47 Å². The summed E-state index contributed by atoms with van der Waals surface area (Å²) in [7, 11) is 0. The number of hydrogen-bond donors (Lipinski definition) is 0. The first kappa shape index (κ1) is 7.58. The minimum Gasteiger partial charge on any atom is -0.466 e. The topological polar surface area (TPSA) is 52.6 Å². The van der Waals surface area contributed by atoms with Crippen molar-refractivity contribution in [2.24, 2.45) is 5.92 Å². The molecule has 0 radical (unpaired) electrons. The first-order valence-electron chi connectivity index (χ1n) is 4.06. The first-order valence-corrected chi connectivity index (χ1v) is 4.06. The number of hydrogen-bond acceptors (Lipinski definition) is 4. The third kappa shape index (κ3) is 0.906. The Labute approximate surface area is 69.8 Å². The molecule has 0 amide bonds. The minimum atomic E-state index is -0.441. The first-order chi connectivity index (χ1) is 5.68. The van der Waals surface area contributed by atoms with Crippen molar-refractivity contribution >= 4 is 11.9 Å². The van der Waals surface area contributed by atoms with Crippen LogP contribution in [0, 0.1) is 5.92 Å². The fourth-order valence-corrected chi connectivity index (χ4v) is 1.60. The van der Waals surface area contributed by atoms with Crippen molar-refractivity contribution in [2.45, 2.75) is 25.4 Å². The summed E-state index contributed by atoms with van der Waals surface area (Å²) in [5.74, 6) is -0.623. The van der Waals surface area contributed by atoms with Crippen molar-refractivity contribution in [1.29, 1.82) is 0 Å². The average molecular weight is 170 g/mol. The molecule has 0 N–H and O–H groups in total. The maximum Gasteiger partial charge on any atom is 0.313 e. The van der Waals surface area contributed by atoms with Crippen LogP contribution >= 0.6 is 0 Å².